The first-order valence-corrected chi connectivity index (χ1v) is 7.75. The summed E-state index contributed by atoms with van der Waals surface area (Å²) in [6.45, 7) is 7.01. The summed E-state index contributed by atoms with van der Waals surface area (Å²) in [5, 5.41) is 0. The Morgan fingerprint density at radius 3 is 2.50 bits per heavy atom. The summed E-state index contributed by atoms with van der Waals surface area (Å²) in [5.74, 6) is 0.762. The van der Waals surface area contributed by atoms with Crippen LogP contribution in [0.1, 0.15) is 26.3 Å². The van der Waals surface area contributed by atoms with Crippen LogP contribution < -0.4 is 9.46 Å². The maximum atomic E-state index is 10.9. The maximum absolute atomic E-state index is 10.9. The summed E-state index contributed by atoms with van der Waals surface area (Å²) in [7, 11) is -3.14. The van der Waals surface area contributed by atoms with Gasteiger partial charge in [0.15, 0.2) is 0 Å². The largest absolute Gasteiger partial charge is 0.492 e. The van der Waals surface area contributed by atoms with E-state index in [9.17, 15) is 8.42 Å². The van der Waals surface area contributed by atoms with Crippen LogP contribution in [-0.4, -0.2) is 27.8 Å². The second kappa shape index (κ2) is 5.71. The van der Waals surface area contributed by atoms with E-state index in [-0.39, 0.29) is 12.0 Å². The predicted molar refractivity (Wildman–Crippen MR) is 73.5 cm³/mol. The van der Waals surface area contributed by atoms with Gasteiger partial charge < -0.3 is 4.74 Å². The SMILES string of the molecule is CC(C)(C)c1cccc(OCCNS(C)(=O)=O)c1. The van der Waals surface area contributed by atoms with Crippen molar-refractivity contribution in [2.45, 2.75) is 26.2 Å². The van der Waals surface area contributed by atoms with E-state index < -0.39 is 10.0 Å². The van der Waals surface area contributed by atoms with Gasteiger partial charge in [0.2, 0.25) is 10.0 Å². The Bertz CT molecular complexity index is 489. The van der Waals surface area contributed by atoms with Crippen molar-refractivity contribution in [2.24, 2.45) is 0 Å². The minimum absolute atomic E-state index is 0.0738. The van der Waals surface area contributed by atoms with E-state index in [2.05, 4.69) is 31.6 Å². The van der Waals surface area contributed by atoms with Gasteiger partial charge in [-0.1, -0.05) is 32.9 Å². The molecule has 4 nitrogen and oxygen atoms in total. The molecule has 0 heterocycles. The van der Waals surface area contributed by atoms with Crippen molar-refractivity contribution in [1.82, 2.24) is 4.72 Å². The van der Waals surface area contributed by atoms with E-state index >= 15 is 0 Å². The smallest absolute Gasteiger partial charge is 0.208 e. The molecule has 0 radical (unpaired) electrons. The summed E-state index contributed by atoms with van der Waals surface area (Å²) < 4.78 is 29.6. The van der Waals surface area contributed by atoms with Crippen LogP contribution in [0.2, 0.25) is 0 Å². The second-order valence-electron chi connectivity index (χ2n) is 5.29. The third-order valence-electron chi connectivity index (χ3n) is 2.44. The zero-order valence-electron chi connectivity index (χ0n) is 11.4. The third kappa shape index (κ3) is 5.51. The zero-order chi connectivity index (χ0) is 13.8. The first-order valence-electron chi connectivity index (χ1n) is 5.86. The molecule has 0 aliphatic rings. The highest BCUT2D eigenvalue weighted by molar-refractivity contribution is 7.88. The lowest BCUT2D eigenvalue weighted by atomic mass is 9.87. The Labute approximate surface area is 109 Å². The molecule has 5 heteroatoms. The van der Waals surface area contributed by atoms with Crippen molar-refractivity contribution >= 4 is 10.0 Å². The molecule has 0 spiro atoms. The van der Waals surface area contributed by atoms with Crippen molar-refractivity contribution in [1.29, 1.82) is 0 Å². The third-order valence-corrected chi connectivity index (χ3v) is 3.16. The Balaban J connectivity index is 2.53. The predicted octanol–water partition coefficient (Wildman–Crippen LogP) is 1.91. The number of hydrogen-bond donors (Lipinski definition) is 1. The first-order chi connectivity index (χ1) is 8.18. The molecule has 102 valence electrons. The molecule has 0 amide bonds. The molecule has 1 N–H and O–H groups in total. The van der Waals surface area contributed by atoms with Gasteiger partial charge in [0.25, 0.3) is 0 Å². The lowest BCUT2D eigenvalue weighted by molar-refractivity contribution is 0.322. The lowest BCUT2D eigenvalue weighted by Gasteiger charge is -2.19. The summed E-state index contributed by atoms with van der Waals surface area (Å²) >= 11 is 0. The fraction of sp³-hybridized carbons (Fsp3) is 0.538. The summed E-state index contributed by atoms with van der Waals surface area (Å²) in [6, 6.07) is 7.86. The molecule has 0 saturated carbocycles. The van der Waals surface area contributed by atoms with Gasteiger partial charge in [0.1, 0.15) is 12.4 Å². The van der Waals surface area contributed by atoms with Crippen LogP contribution in [0.25, 0.3) is 0 Å². The quantitative estimate of drug-likeness (QED) is 0.832. The molecule has 0 bridgehead atoms. The van der Waals surface area contributed by atoms with E-state index in [1.165, 1.54) is 5.56 Å². The summed E-state index contributed by atoms with van der Waals surface area (Å²) in [5.41, 5.74) is 1.26. The van der Waals surface area contributed by atoms with Crippen molar-refractivity contribution in [2.75, 3.05) is 19.4 Å². The average molecular weight is 271 g/mol. The number of benzene rings is 1. The Morgan fingerprint density at radius 2 is 1.94 bits per heavy atom. The van der Waals surface area contributed by atoms with E-state index in [1.807, 2.05) is 18.2 Å². The molecule has 1 rings (SSSR count). The van der Waals surface area contributed by atoms with Crippen LogP contribution in [-0.2, 0) is 15.4 Å². The molecule has 18 heavy (non-hydrogen) atoms. The number of sulfonamides is 1. The maximum Gasteiger partial charge on any atom is 0.208 e. The standard InChI is InChI=1S/C13H21NO3S/c1-13(2,3)11-6-5-7-12(10-11)17-9-8-14-18(4,15)16/h5-7,10,14H,8-9H2,1-4H3. The molecule has 0 aliphatic heterocycles. The normalized spacial score (nSPS) is 12.4. The van der Waals surface area contributed by atoms with Gasteiger partial charge in [-0.15, -0.1) is 0 Å². The van der Waals surface area contributed by atoms with E-state index in [0.29, 0.717) is 6.61 Å². The van der Waals surface area contributed by atoms with Crippen LogP contribution in [0.4, 0.5) is 0 Å². The van der Waals surface area contributed by atoms with Crippen molar-refractivity contribution in [3.63, 3.8) is 0 Å². The van der Waals surface area contributed by atoms with Crippen LogP contribution >= 0.6 is 0 Å². The van der Waals surface area contributed by atoms with Gasteiger partial charge >= 0.3 is 0 Å². The monoisotopic (exact) mass is 271 g/mol. The Morgan fingerprint density at radius 1 is 1.28 bits per heavy atom. The number of hydrogen-bond acceptors (Lipinski definition) is 3. The van der Waals surface area contributed by atoms with Crippen LogP contribution in [0.5, 0.6) is 5.75 Å². The van der Waals surface area contributed by atoms with Crippen LogP contribution in [0.15, 0.2) is 24.3 Å². The van der Waals surface area contributed by atoms with E-state index in [0.717, 1.165) is 12.0 Å². The molecule has 0 saturated heterocycles. The number of rotatable bonds is 5. The highest BCUT2D eigenvalue weighted by Crippen LogP contribution is 2.25. The minimum Gasteiger partial charge on any atom is -0.492 e. The van der Waals surface area contributed by atoms with Crippen LogP contribution in [0.3, 0.4) is 0 Å². The van der Waals surface area contributed by atoms with Gasteiger partial charge in [0.05, 0.1) is 6.26 Å². The summed E-state index contributed by atoms with van der Waals surface area (Å²) in [4.78, 5) is 0. The molecule has 0 atom stereocenters. The molecule has 0 aromatic heterocycles. The van der Waals surface area contributed by atoms with Gasteiger partial charge in [-0.2, -0.15) is 0 Å². The molecule has 0 fully saturated rings. The van der Waals surface area contributed by atoms with Crippen molar-refractivity contribution in [3.05, 3.63) is 29.8 Å². The lowest BCUT2D eigenvalue weighted by Crippen LogP contribution is -2.26. The van der Waals surface area contributed by atoms with Gasteiger partial charge in [-0.05, 0) is 23.1 Å². The highest BCUT2D eigenvalue weighted by Gasteiger charge is 2.13. The highest BCUT2D eigenvalue weighted by atomic mass is 32.2. The average Bonchev–Trinajstić information content (AvgIpc) is 2.22. The summed E-state index contributed by atoms with van der Waals surface area (Å²) in [6.07, 6.45) is 1.13. The zero-order valence-corrected chi connectivity index (χ0v) is 12.2. The number of nitrogens with one attached hydrogen (secondary N) is 1. The molecule has 1 aromatic rings. The van der Waals surface area contributed by atoms with Crippen molar-refractivity contribution < 1.29 is 13.2 Å². The minimum atomic E-state index is -3.14. The second-order valence-corrected chi connectivity index (χ2v) is 7.13. The Hall–Kier alpha value is -1.07. The molecular weight excluding hydrogens is 250 g/mol. The van der Waals surface area contributed by atoms with E-state index in [1.54, 1.807) is 0 Å². The fourth-order valence-electron chi connectivity index (χ4n) is 1.45. The van der Waals surface area contributed by atoms with Crippen LogP contribution in [0, 0.1) is 0 Å². The van der Waals surface area contributed by atoms with E-state index in [4.69, 9.17) is 4.74 Å². The number of ether oxygens (including phenoxy) is 1. The molecule has 0 aliphatic carbocycles. The molecular formula is C13H21NO3S. The molecule has 1 aromatic carbocycles. The fourth-order valence-corrected chi connectivity index (χ4v) is 1.90. The molecule has 0 unspecified atom stereocenters. The van der Waals surface area contributed by atoms with Crippen molar-refractivity contribution in [3.8, 4) is 5.75 Å². The Kier molecular flexibility index (Phi) is 4.76. The first kappa shape index (κ1) is 15.0. The topological polar surface area (TPSA) is 55.4 Å². The van der Waals surface area contributed by atoms with Gasteiger partial charge in [-0.25, -0.2) is 13.1 Å². The van der Waals surface area contributed by atoms with Gasteiger partial charge in [0, 0.05) is 6.54 Å². The van der Waals surface area contributed by atoms with Gasteiger partial charge in [-0.3, -0.25) is 0 Å².